The molecule has 1 fully saturated rings. The molecule has 1 heterocycles. The maximum atomic E-state index is 13.0. The molecule has 1 atom stereocenters. The Morgan fingerprint density at radius 3 is 2.43 bits per heavy atom. The fraction of sp³-hybridized carbons (Fsp3) is 0.467. The van der Waals surface area contributed by atoms with Gasteiger partial charge in [0.05, 0.1) is 0 Å². The molecule has 0 aliphatic carbocycles. The SMILES string of the molecule is CC(C)CC(=O)Nc1ccc(N2CC(S(=O)(=O)F)CC2=O)cc1. The Labute approximate surface area is 134 Å². The van der Waals surface area contributed by atoms with E-state index in [1.807, 2.05) is 13.8 Å². The van der Waals surface area contributed by atoms with Crippen molar-refractivity contribution in [2.75, 3.05) is 16.8 Å². The molecule has 0 saturated carbocycles. The van der Waals surface area contributed by atoms with Crippen LogP contribution in [0.25, 0.3) is 0 Å². The number of rotatable bonds is 5. The number of benzene rings is 1. The first-order valence-corrected chi connectivity index (χ1v) is 8.75. The van der Waals surface area contributed by atoms with Crippen molar-refractivity contribution < 1.29 is 21.9 Å². The van der Waals surface area contributed by atoms with E-state index in [-0.39, 0.29) is 24.8 Å². The van der Waals surface area contributed by atoms with Gasteiger partial charge >= 0.3 is 10.2 Å². The van der Waals surface area contributed by atoms with Crippen LogP contribution in [0.2, 0.25) is 0 Å². The molecule has 8 heteroatoms. The lowest BCUT2D eigenvalue weighted by molar-refractivity contribution is -0.117. The van der Waals surface area contributed by atoms with Crippen molar-refractivity contribution in [2.45, 2.75) is 31.9 Å². The summed E-state index contributed by atoms with van der Waals surface area (Å²) in [6.45, 7) is 3.69. The highest BCUT2D eigenvalue weighted by molar-refractivity contribution is 7.87. The minimum atomic E-state index is -4.73. The first-order valence-electron chi connectivity index (χ1n) is 7.30. The molecule has 0 aromatic heterocycles. The summed E-state index contributed by atoms with van der Waals surface area (Å²) in [6, 6.07) is 6.43. The first-order chi connectivity index (χ1) is 10.7. The summed E-state index contributed by atoms with van der Waals surface area (Å²) in [5.41, 5.74) is 1.06. The fourth-order valence-electron chi connectivity index (χ4n) is 2.42. The zero-order valence-corrected chi connectivity index (χ0v) is 13.8. The van der Waals surface area contributed by atoms with Gasteiger partial charge in [0.25, 0.3) is 0 Å². The van der Waals surface area contributed by atoms with Crippen molar-refractivity contribution in [3.05, 3.63) is 24.3 Å². The van der Waals surface area contributed by atoms with Crippen LogP contribution in [0, 0.1) is 5.92 Å². The Kier molecular flexibility index (Phi) is 5.03. The number of nitrogens with zero attached hydrogens (tertiary/aromatic N) is 1. The maximum absolute atomic E-state index is 13.0. The van der Waals surface area contributed by atoms with Crippen molar-refractivity contribution in [3.8, 4) is 0 Å². The Bertz CT molecular complexity index is 701. The van der Waals surface area contributed by atoms with Gasteiger partial charge in [0.1, 0.15) is 5.25 Å². The highest BCUT2D eigenvalue weighted by atomic mass is 32.3. The molecule has 2 rings (SSSR count). The third kappa shape index (κ3) is 4.51. The Morgan fingerprint density at radius 1 is 1.35 bits per heavy atom. The molecule has 23 heavy (non-hydrogen) atoms. The van der Waals surface area contributed by atoms with Crippen molar-refractivity contribution in [2.24, 2.45) is 5.92 Å². The van der Waals surface area contributed by atoms with Gasteiger partial charge in [0.2, 0.25) is 11.8 Å². The lowest BCUT2D eigenvalue weighted by Gasteiger charge is -2.16. The topological polar surface area (TPSA) is 83.6 Å². The third-order valence-electron chi connectivity index (χ3n) is 3.54. The number of carbonyl (C=O) groups is 2. The average Bonchev–Trinajstić information content (AvgIpc) is 2.81. The number of nitrogens with one attached hydrogen (secondary N) is 1. The number of anilines is 2. The van der Waals surface area contributed by atoms with Crippen molar-refractivity contribution in [3.63, 3.8) is 0 Å². The molecule has 6 nitrogen and oxygen atoms in total. The summed E-state index contributed by atoms with van der Waals surface area (Å²) < 4.78 is 34.9. The van der Waals surface area contributed by atoms with E-state index in [4.69, 9.17) is 0 Å². The van der Waals surface area contributed by atoms with Gasteiger partial charge in [-0.15, -0.1) is 3.89 Å². The summed E-state index contributed by atoms with van der Waals surface area (Å²) in [6.07, 6.45) is 0.0497. The summed E-state index contributed by atoms with van der Waals surface area (Å²) in [4.78, 5) is 24.8. The van der Waals surface area contributed by atoms with Crippen LogP contribution in [0.4, 0.5) is 15.3 Å². The highest BCUT2D eigenvalue weighted by Crippen LogP contribution is 2.27. The quantitative estimate of drug-likeness (QED) is 0.831. The van der Waals surface area contributed by atoms with E-state index in [0.717, 1.165) is 0 Å². The van der Waals surface area contributed by atoms with Crippen LogP contribution in [0.1, 0.15) is 26.7 Å². The minimum absolute atomic E-state index is 0.103. The molecule has 0 radical (unpaired) electrons. The second-order valence-electron chi connectivity index (χ2n) is 6.00. The van der Waals surface area contributed by atoms with Gasteiger partial charge in [-0.2, -0.15) is 8.42 Å². The van der Waals surface area contributed by atoms with Crippen LogP contribution in [0.5, 0.6) is 0 Å². The molecule has 0 bridgehead atoms. The van der Waals surface area contributed by atoms with E-state index in [9.17, 15) is 21.9 Å². The van der Waals surface area contributed by atoms with E-state index in [2.05, 4.69) is 5.32 Å². The summed E-state index contributed by atoms with van der Waals surface area (Å²) in [7, 11) is -4.73. The molecule has 1 N–H and O–H groups in total. The molecular formula is C15H19FN2O4S. The van der Waals surface area contributed by atoms with Gasteiger partial charge in [-0.05, 0) is 30.2 Å². The number of hydrogen-bond donors (Lipinski definition) is 1. The van der Waals surface area contributed by atoms with E-state index in [1.165, 1.54) is 4.90 Å². The lowest BCUT2D eigenvalue weighted by atomic mass is 10.1. The first kappa shape index (κ1) is 17.4. The zero-order chi connectivity index (χ0) is 17.2. The lowest BCUT2D eigenvalue weighted by Crippen LogP contribution is -2.26. The Morgan fingerprint density at radius 2 is 1.96 bits per heavy atom. The fourth-order valence-corrected chi connectivity index (χ4v) is 3.09. The van der Waals surface area contributed by atoms with Gasteiger partial charge < -0.3 is 10.2 Å². The van der Waals surface area contributed by atoms with Crippen LogP contribution < -0.4 is 10.2 Å². The van der Waals surface area contributed by atoms with Crippen molar-refractivity contribution >= 4 is 33.4 Å². The van der Waals surface area contributed by atoms with Crippen molar-refractivity contribution in [1.29, 1.82) is 0 Å². The highest BCUT2D eigenvalue weighted by Gasteiger charge is 2.38. The molecule has 126 valence electrons. The number of halogens is 1. The Balaban J connectivity index is 2.05. The number of amides is 2. The normalized spacial score (nSPS) is 18.5. The smallest absolute Gasteiger partial charge is 0.307 e. The Hall–Kier alpha value is -1.96. The van der Waals surface area contributed by atoms with Crippen molar-refractivity contribution in [1.82, 2.24) is 0 Å². The molecule has 1 aliphatic rings. The summed E-state index contributed by atoms with van der Waals surface area (Å²) >= 11 is 0. The zero-order valence-electron chi connectivity index (χ0n) is 13.0. The molecule has 1 aromatic rings. The largest absolute Gasteiger partial charge is 0.326 e. The molecule has 1 unspecified atom stereocenters. The molecule has 0 spiro atoms. The monoisotopic (exact) mass is 342 g/mol. The number of hydrogen-bond acceptors (Lipinski definition) is 4. The average molecular weight is 342 g/mol. The van der Waals surface area contributed by atoms with Gasteiger partial charge in [0, 0.05) is 30.8 Å². The van der Waals surface area contributed by atoms with E-state index >= 15 is 0 Å². The second-order valence-corrected chi connectivity index (χ2v) is 7.62. The molecule has 1 aromatic carbocycles. The van der Waals surface area contributed by atoms with E-state index in [0.29, 0.717) is 17.8 Å². The maximum Gasteiger partial charge on any atom is 0.307 e. The minimum Gasteiger partial charge on any atom is -0.326 e. The number of carbonyl (C=O) groups excluding carboxylic acids is 2. The van der Waals surface area contributed by atoms with Crippen LogP contribution in [0.15, 0.2) is 24.3 Å². The van der Waals surface area contributed by atoms with Gasteiger partial charge in [-0.1, -0.05) is 13.8 Å². The molecule has 2 amide bonds. The van der Waals surface area contributed by atoms with E-state index in [1.54, 1.807) is 24.3 Å². The predicted molar refractivity (Wildman–Crippen MR) is 85.3 cm³/mol. The van der Waals surface area contributed by atoms with Gasteiger partial charge in [-0.25, -0.2) is 0 Å². The van der Waals surface area contributed by atoms with Gasteiger partial charge in [0.15, 0.2) is 0 Å². The molecule has 1 saturated heterocycles. The molecular weight excluding hydrogens is 323 g/mol. The third-order valence-corrected chi connectivity index (χ3v) is 4.66. The van der Waals surface area contributed by atoms with Crippen LogP contribution in [-0.2, 0) is 19.8 Å². The predicted octanol–water partition coefficient (Wildman–Crippen LogP) is 2.08. The van der Waals surface area contributed by atoms with E-state index < -0.39 is 21.4 Å². The standard InChI is InChI=1S/C15H19FN2O4S/c1-10(2)7-14(19)17-11-3-5-12(6-4-11)18-9-13(8-15(18)20)23(16,21)22/h3-6,10,13H,7-9H2,1-2H3,(H,17,19). The second kappa shape index (κ2) is 6.66. The van der Waals surface area contributed by atoms with Crippen LogP contribution >= 0.6 is 0 Å². The van der Waals surface area contributed by atoms with Crippen LogP contribution in [0.3, 0.4) is 0 Å². The van der Waals surface area contributed by atoms with Gasteiger partial charge in [-0.3, -0.25) is 9.59 Å². The summed E-state index contributed by atoms with van der Waals surface area (Å²) in [5, 5.41) is 1.42. The summed E-state index contributed by atoms with van der Waals surface area (Å²) in [5.74, 6) is -0.294. The van der Waals surface area contributed by atoms with Crippen LogP contribution in [-0.4, -0.2) is 32.0 Å². The molecule has 1 aliphatic heterocycles.